The van der Waals surface area contributed by atoms with Gasteiger partial charge in [-0.1, -0.05) is 62.4 Å². The van der Waals surface area contributed by atoms with Crippen LogP contribution >= 0.6 is 12.2 Å². The second-order valence-electron chi connectivity index (χ2n) is 8.18. The number of benzene rings is 3. The maximum absolute atomic E-state index is 12.7. The van der Waals surface area contributed by atoms with E-state index >= 15 is 0 Å². The molecule has 176 valence electrons. The molecular formula is C27H29N3O3S. The summed E-state index contributed by atoms with van der Waals surface area (Å²) in [6.07, 6.45) is 0.933. The molecule has 2 amide bonds. The lowest BCUT2D eigenvalue weighted by Gasteiger charge is -2.14. The Morgan fingerprint density at radius 2 is 1.65 bits per heavy atom. The fraction of sp³-hybridized carbons (Fsp3) is 0.222. The second kappa shape index (κ2) is 12.5. The standard InChI is InChI=1S/C27H29N3O3S/c1-19(2)15-16-33-22-12-8-11-21(17-22)25(31)30-27(34)29-24-14-7-6-13-23(24)26(32)28-18-20-9-4-3-5-10-20/h3-14,17,19H,15-16,18H2,1-2H3,(H,28,32)(H2,29,30,31,34). The van der Waals surface area contributed by atoms with Gasteiger partial charge in [-0.3, -0.25) is 14.9 Å². The van der Waals surface area contributed by atoms with Crippen LogP contribution in [0.5, 0.6) is 5.75 Å². The van der Waals surface area contributed by atoms with Crippen LogP contribution in [0.3, 0.4) is 0 Å². The summed E-state index contributed by atoms with van der Waals surface area (Å²) in [4.78, 5) is 25.4. The number of anilines is 1. The summed E-state index contributed by atoms with van der Waals surface area (Å²) in [5.41, 5.74) is 2.36. The lowest BCUT2D eigenvalue weighted by Crippen LogP contribution is -2.35. The number of carbonyl (C=O) groups excluding carboxylic acids is 2. The number of hydrogen-bond donors (Lipinski definition) is 3. The van der Waals surface area contributed by atoms with Crippen molar-refractivity contribution in [3.8, 4) is 5.75 Å². The molecule has 3 N–H and O–H groups in total. The van der Waals surface area contributed by atoms with Crippen LogP contribution in [0.4, 0.5) is 5.69 Å². The molecule has 0 aliphatic heterocycles. The Bertz CT molecular complexity index is 1130. The van der Waals surface area contributed by atoms with E-state index < -0.39 is 0 Å². The molecule has 0 spiro atoms. The van der Waals surface area contributed by atoms with Crippen molar-refractivity contribution in [1.82, 2.24) is 10.6 Å². The van der Waals surface area contributed by atoms with Crippen LogP contribution in [0.1, 0.15) is 46.5 Å². The third-order valence-electron chi connectivity index (χ3n) is 5.00. The van der Waals surface area contributed by atoms with E-state index in [-0.39, 0.29) is 16.9 Å². The predicted octanol–water partition coefficient (Wildman–Crippen LogP) is 5.17. The molecule has 0 aliphatic rings. The zero-order valence-corrected chi connectivity index (χ0v) is 20.2. The lowest BCUT2D eigenvalue weighted by molar-refractivity contribution is 0.0950. The quantitative estimate of drug-likeness (QED) is 0.372. The highest BCUT2D eigenvalue weighted by molar-refractivity contribution is 7.80. The van der Waals surface area contributed by atoms with Crippen molar-refractivity contribution < 1.29 is 14.3 Å². The molecule has 0 fully saturated rings. The van der Waals surface area contributed by atoms with Crippen molar-refractivity contribution in [2.75, 3.05) is 11.9 Å². The van der Waals surface area contributed by atoms with E-state index in [2.05, 4.69) is 29.8 Å². The summed E-state index contributed by atoms with van der Waals surface area (Å²) in [5.74, 6) is 0.566. The van der Waals surface area contributed by atoms with Gasteiger partial charge >= 0.3 is 0 Å². The molecule has 0 bridgehead atoms. The third-order valence-corrected chi connectivity index (χ3v) is 5.21. The summed E-state index contributed by atoms with van der Waals surface area (Å²) >= 11 is 5.33. The molecule has 0 aliphatic carbocycles. The van der Waals surface area contributed by atoms with Gasteiger partial charge < -0.3 is 15.4 Å². The second-order valence-corrected chi connectivity index (χ2v) is 8.59. The number of hydrogen-bond acceptors (Lipinski definition) is 4. The molecule has 3 aromatic carbocycles. The summed E-state index contributed by atoms with van der Waals surface area (Å²) in [6, 6.07) is 23.6. The highest BCUT2D eigenvalue weighted by atomic mass is 32.1. The van der Waals surface area contributed by atoms with E-state index in [1.165, 1.54) is 0 Å². The summed E-state index contributed by atoms with van der Waals surface area (Å²) in [7, 11) is 0. The molecule has 3 rings (SSSR count). The number of ether oxygens (including phenoxy) is 1. The van der Waals surface area contributed by atoms with Crippen molar-refractivity contribution in [3.63, 3.8) is 0 Å². The summed E-state index contributed by atoms with van der Waals surface area (Å²) in [6.45, 7) is 5.26. The minimum absolute atomic E-state index is 0.0967. The van der Waals surface area contributed by atoms with Gasteiger partial charge in [0.1, 0.15) is 5.75 Å². The molecule has 0 aromatic heterocycles. The van der Waals surface area contributed by atoms with Crippen LogP contribution in [0.15, 0.2) is 78.9 Å². The van der Waals surface area contributed by atoms with Gasteiger partial charge in [0.2, 0.25) is 0 Å². The first-order chi connectivity index (χ1) is 16.4. The molecule has 0 saturated heterocycles. The van der Waals surface area contributed by atoms with Crippen molar-refractivity contribution in [3.05, 3.63) is 95.6 Å². The van der Waals surface area contributed by atoms with Gasteiger partial charge in [-0.15, -0.1) is 0 Å². The first-order valence-corrected chi connectivity index (χ1v) is 11.6. The molecule has 0 atom stereocenters. The van der Waals surface area contributed by atoms with Crippen LogP contribution in [0.2, 0.25) is 0 Å². The average molecular weight is 476 g/mol. The Kier molecular flexibility index (Phi) is 9.17. The predicted molar refractivity (Wildman–Crippen MR) is 139 cm³/mol. The largest absolute Gasteiger partial charge is 0.494 e. The van der Waals surface area contributed by atoms with Gasteiger partial charge in [0, 0.05) is 12.1 Å². The van der Waals surface area contributed by atoms with Crippen molar-refractivity contribution in [2.45, 2.75) is 26.8 Å². The van der Waals surface area contributed by atoms with Crippen LogP contribution in [0.25, 0.3) is 0 Å². The summed E-state index contributed by atoms with van der Waals surface area (Å²) in [5, 5.41) is 8.62. The monoisotopic (exact) mass is 475 g/mol. The van der Waals surface area contributed by atoms with Gasteiger partial charge in [0.15, 0.2) is 5.11 Å². The van der Waals surface area contributed by atoms with E-state index in [1.807, 2.05) is 36.4 Å². The van der Waals surface area contributed by atoms with E-state index in [0.717, 1.165) is 12.0 Å². The Labute approximate surface area is 205 Å². The number of thiocarbonyl (C=S) groups is 1. The molecular weight excluding hydrogens is 446 g/mol. The minimum atomic E-state index is -0.363. The Morgan fingerprint density at radius 3 is 2.41 bits per heavy atom. The Morgan fingerprint density at radius 1 is 0.912 bits per heavy atom. The van der Waals surface area contributed by atoms with Crippen molar-refractivity contribution >= 4 is 34.8 Å². The molecule has 34 heavy (non-hydrogen) atoms. The summed E-state index contributed by atoms with van der Waals surface area (Å²) < 4.78 is 5.73. The molecule has 7 heteroatoms. The van der Waals surface area contributed by atoms with E-state index in [1.54, 1.807) is 42.5 Å². The number of carbonyl (C=O) groups is 2. The van der Waals surface area contributed by atoms with E-state index in [0.29, 0.717) is 41.6 Å². The fourth-order valence-electron chi connectivity index (χ4n) is 3.13. The number of para-hydroxylation sites is 1. The van der Waals surface area contributed by atoms with Crippen LogP contribution in [-0.2, 0) is 6.54 Å². The smallest absolute Gasteiger partial charge is 0.257 e. The average Bonchev–Trinajstić information content (AvgIpc) is 2.83. The zero-order chi connectivity index (χ0) is 24.3. The SMILES string of the molecule is CC(C)CCOc1cccc(C(=O)NC(=S)Nc2ccccc2C(=O)NCc2ccccc2)c1. The van der Waals surface area contributed by atoms with E-state index in [9.17, 15) is 9.59 Å². The maximum atomic E-state index is 12.7. The first-order valence-electron chi connectivity index (χ1n) is 11.2. The van der Waals surface area contributed by atoms with Crippen molar-refractivity contribution in [2.24, 2.45) is 5.92 Å². The van der Waals surface area contributed by atoms with Gasteiger partial charge in [0.25, 0.3) is 11.8 Å². The first kappa shape index (κ1) is 24.9. The molecule has 0 unspecified atom stereocenters. The van der Waals surface area contributed by atoms with Gasteiger partial charge in [-0.2, -0.15) is 0 Å². The zero-order valence-electron chi connectivity index (χ0n) is 19.3. The molecule has 0 saturated carbocycles. The van der Waals surface area contributed by atoms with Gasteiger partial charge in [-0.25, -0.2) is 0 Å². The van der Waals surface area contributed by atoms with Crippen molar-refractivity contribution in [1.29, 1.82) is 0 Å². The normalized spacial score (nSPS) is 10.4. The third kappa shape index (κ3) is 7.71. The highest BCUT2D eigenvalue weighted by Gasteiger charge is 2.14. The fourth-order valence-corrected chi connectivity index (χ4v) is 3.33. The number of amides is 2. The highest BCUT2D eigenvalue weighted by Crippen LogP contribution is 2.17. The van der Waals surface area contributed by atoms with E-state index in [4.69, 9.17) is 17.0 Å². The Balaban J connectivity index is 1.58. The van der Waals surface area contributed by atoms with Crippen LogP contribution in [-0.4, -0.2) is 23.5 Å². The minimum Gasteiger partial charge on any atom is -0.494 e. The molecule has 0 heterocycles. The molecule has 3 aromatic rings. The lowest BCUT2D eigenvalue weighted by atomic mass is 10.1. The van der Waals surface area contributed by atoms with Crippen LogP contribution < -0.4 is 20.7 Å². The molecule has 0 radical (unpaired) electrons. The maximum Gasteiger partial charge on any atom is 0.257 e. The van der Waals surface area contributed by atoms with Gasteiger partial charge in [-0.05, 0) is 60.5 Å². The topological polar surface area (TPSA) is 79.5 Å². The molecule has 6 nitrogen and oxygen atoms in total. The number of rotatable bonds is 9. The Hall–Kier alpha value is -3.71. The van der Waals surface area contributed by atoms with Gasteiger partial charge in [0.05, 0.1) is 17.9 Å². The van der Waals surface area contributed by atoms with Crippen LogP contribution in [0, 0.1) is 5.92 Å². The number of nitrogens with one attached hydrogen (secondary N) is 3.